The van der Waals surface area contributed by atoms with E-state index >= 15 is 0 Å². The van der Waals surface area contributed by atoms with Crippen molar-refractivity contribution in [1.29, 1.82) is 0 Å². The summed E-state index contributed by atoms with van der Waals surface area (Å²) < 4.78 is 3.51. The van der Waals surface area contributed by atoms with Crippen LogP contribution in [0.5, 0.6) is 0 Å². The van der Waals surface area contributed by atoms with E-state index in [9.17, 15) is 14.4 Å². The van der Waals surface area contributed by atoms with Gasteiger partial charge in [-0.2, -0.15) is 0 Å². The highest BCUT2D eigenvalue weighted by atomic mass is 35.5. The minimum Gasteiger partial charge on any atom is -0.321 e. The van der Waals surface area contributed by atoms with Crippen molar-refractivity contribution in [3.63, 3.8) is 0 Å². The molecule has 0 atom stereocenters. The Bertz CT molecular complexity index is 1350. The van der Waals surface area contributed by atoms with E-state index in [2.05, 4.69) is 5.32 Å². The van der Waals surface area contributed by atoms with Crippen molar-refractivity contribution in [3.05, 3.63) is 73.1 Å². The first-order valence-corrected chi connectivity index (χ1v) is 9.26. The van der Waals surface area contributed by atoms with Crippen molar-refractivity contribution in [3.8, 4) is 0 Å². The van der Waals surface area contributed by atoms with Gasteiger partial charge in [0.15, 0.2) is 0 Å². The van der Waals surface area contributed by atoms with Gasteiger partial charge in [0.2, 0.25) is 0 Å². The van der Waals surface area contributed by atoms with Crippen LogP contribution in [0.2, 0.25) is 5.02 Å². The van der Waals surface area contributed by atoms with E-state index in [1.54, 1.807) is 25.2 Å². The number of fused-ring (bicyclic) bond motifs is 2. The zero-order valence-electron chi connectivity index (χ0n) is 14.4. The number of hydrogen-bond donors (Lipinski definition) is 1. The molecule has 4 rings (SSSR count). The minimum absolute atomic E-state index is 0.324. The van der Waals surface area contributed by atoms with E-state index in [1.165, 1.54) is 27.5 Å². The lowest BCUT2D eigenvalue weighted by atomic mass is 10.2. The standard InChI is InChI=1S/C19H14ClN3O3S/c1-22-12-8-7-10(9-13(12)23(2)19(26)18(22)25)21-17(24)16-15(20)11-5-3-4-6-14(11)27-16/h3-9H,1-2H3,(H,21,24). The zero-order valence-corrected chi connectivity index (χ0v) is 16.0. The predicted molar refractivity (Wildman–Crippen MR) is 109 cm³/mol. The molecule has 0 bridgehead atoms. The molecule has 0 spiro atoms. The molecule has 8 heteroatoms. The number of rotatable bonds is 2. The molecule has 4 aromatic rings. The molecular weight excluding hydrogens is 386 g/mol. The normalized spacial score (nSPS) is 11.2. The third-order valence-corrected chi connectivity index (χ3v) is 6.16. The number of aryl methyl sites for hydroxylation is 2. The molecule has 6 nitrogen and oxygen atoms in total. The molecule has 0 aliphatic carbocycles. The maximum Gasteiger partial charge on any atom is 0.316 e. The Morgan fingerprint density at radius 3 is 2.37 bits per heavy atom. The number of benzene rings is 2. The first-order chi connectivity index (χ1) is 12.9. The van der Waals surface area contributed by atoms with E-state index in [0.717, 1.165) is 10.1 Å². The van der Waals surface area contributed by atoms with Gasteiger partial charge in [0.25, 0.3) is 5.91 Å². The van der Waals surface area contributed by atoms with E-state index < -0.39 is 11.1 Å². The summed E-state index contributed by atoms with van der Waals surface area (Å²) in [5.74, 6) is -0.324. The molecule has 0 saturated carbocycles. The summed E-state index contributed by atoms with van der Waals surface area (Å²) in [5.41, 5.74) is 0.428. The Morgan fingerprint density at radius 1 is 1.00 bits per heavy atom. The maximum absolute atomic E-state index is 12.7. The number of halogens is 1. The maximum atomic E-state index is 12.7. The van der Waals surface area contributed by atoms with Gasteiger partial charge in [-0.25, -0.2) is 0 Å². The molecule has 0 radical (unpaired) electrons. The van der Waals surface area contributed by atoms with Crippen LogP contribution in [0.1, 0.15) is 9.67 Å². The van der Waals surface area contributed by atoms with Gasteiger partial charge in [0.1, 0.15) is 4.88 Å². The van der Waals surface area contributed by atoms with Gasteiger partial charge in [-0.15, -0.1) is 11.3 Å². The number of nitrogens with zero attached hydrogens (tertiary/aromatic N) is 2. The Hall–Kier alpha value is -2.90. The Balaban J connectivity index is 1.77. The van der Waals surface area contributed by atoms with E-state index in [0.29, 0.717) is 26.6 Å². The monoisotopic (exact) mass is 399 g/mol. The van der Waals surface area contributed by atoms with Crippen LogP contribution in [-0.4, -0.2) is 15.0 Å². The molecule has 2 aromatic heterocycles. The number of aromatic nitrogens is 2. The first kappa shape index (κ1) is 17.5. The van der Waals surface area contributed by atoms with Crippen LogP contribution >= 0.6 is 22.9 Å². The molecule has 136 valence electrons. The summed E-state index contributed by atoms with van der Waals surface area (Å²) in [6.45, 7) is 0. The van der Waals surface area contributed by atoms with Crippen molar-refractivity contribution in [2.24, 2.45) is 14.1 Å². The van der Waals surface area contributed by atoms with Gasteiger partial charge in [-0.05, 0) is 24.3 Å². The zero-order chi connectivity index (χ0) is 19.3. The Morgan fingerprint density at radius 2 is 1.67 bits per heavy atom. The summed E-state index contributed by atoms with van der Waals surface area (Å²) in [5, 5.41) is 4.08. The smallest absolute Gasteiger partial charge is 0.316 e. The van der Waals surface area contributed by atoms with Crippen LogP contribution in [0.3, 0.4) is 0 Å². The van der Waals surface area contributed by atoms with Crippen LogP contribution in [0.15, 0.2) is 52.1 Å². The molecule has 0 saturated heterocycles. The Kier molecular flexibility index (Phi) is 4.13. The molecular formula is C19H14ClN3O3S. The third-order valence-electron chi connectivity index (χ3n) is 4.49. The lowest BCUT2D eigenvalue weighted by molar-refractivity contribution is 0.103. The third kappa shape index (κ3) is 2.75. The second kappa shape index (κ2) is 6.37. The van der Waals surface area contributed by atoms with Gasteiger partial charge in [-0.1, -0.05) is 29.8 Å². The van der Waals surface area contributed by atoms with E-state index in [-0.39, 0.29) is 5.91 Å². The second-order valence-corrected chi connectivity index (χ2v) is 7.56. The van der Waals surface area contributed by atoms with Crippen LogP contribution in [-0.2, 0) is 14.1 Å². The molecule has 0 unspecified atom stereocenters. The van der Waals surface area contributed by atoms with Crippen LogP contribution in [0.25, 0.3) is 21.1 Å². The minimum atomic E-state index is -0.624. The summed E-state index contributed by atoms with van der Waals surface area (Å²) >= 11 is 7.68. The van der Waals surface area contributed by atoms with Crippen molar-refractivity contribution in [1.82, 2.24) is 9.13 Å². The average molecular weight is 400 g/mol. The lowest BCUT2D eigenvalue weighted by Gasteiger charge is -2.11. The summed E-state index contributed by atoms with van der Waals surface area (Å²) in [6.07, 6.45) is 0. The molecule has 0 aliphatic heterocycles. The van der Waals surface area contributed by atoms with Gasteiger partial charge < -0.3 is 14.5 Å². The van der Waals surface area contributed by atoms with Crippen molar-refractivity contribution < 1.29 is 4.79 Å². The first-order valence-electron chi connectivity index (χ1n) is 8.06. The molecule has 2 heterocycles. The number of carbonyl (C=O) groups excluding carboxylic acids is 1. The highest BCUT2D eigenvalue weighted by Crippen LogP contribution is 2.35. The number of nitrogens with one attached hydrogen (secondary N) is 1. The van der Waals surface area contributed by atoms with E-state index in [1.807, 2.05) is 24.3 Å². The number of hydrogen-bond acceptors (Lipinski definition) is 4. The molecule has 1 amide bonds. The molecule has 2 aromatic carbocycles. The fraction of sp³-hybridized carbons (Fsp3) is 0.105. The van der Waals surface area contributed by atoms with Crippen molar-refractivity contribution in [2.75, 3.05) is 5.32 Å². The molecule has 27 heavy (non-hydrogen) atoms. The highest BCUT2D eigenvalue weighted by Gasteiger charge is 2.17. The number of carbonyl (C=O) groups is 1. The lowest BCUT2D eigenvalue weighted by Crippen LogP contribution is -2.39. The highest BCUT2D eigenvalue weighted by molar-refractivity contribution is 7.21. The van der Waals surface area contributed by atoms with Crippen LogP contribution in [0.4, 0.5) is 5.69 Å². The van der Waals surface area contributed by atoms with E-state index in [4.69, 9.17) is 11.6 Å². The molecule has 0 fully saturated rings. The topological polar surface area (TPSA) is 73.1 Å². The molecule has 0 aliphatic rings. The summed E-state index contributed by atoms with van der Waals surface area (Å²) in [7, 11) is 3.07. The number of anilines is 1. The Labute approximate surface area is 162 Å². The summed E-state index contributed by atoms with van der Waals surface area (Å²) in [4.78, 5) is 37.1. The second-order valence-electron chi connectivity index (χ2n) is 6.13. The SMILES string of the molecule is Cn1c(=O)c(=O)n(C)c2cc(NC(=O)c3sc4ccccc4c3Cl)ccc21. The fourth-order valence-electron chi connectivity index (χ4n) is 3.01. The number of amides is 1. The van der Waals surface area contributed by atoms with Gasteiger partial charge in [0.05, 0.1) is 16.1 Å². The average Bonchev–Trinajstić information content (AvgIpc) is 3.02. The number of thiophene rings is 1. The largest absolute Gasteiger partial charge is 0.321 e. The van der Waals surface area contributed by atoms with Gasteiger partial charge in [-0.3, -0.25) is 14.4 Å². The summed E-state index contributed by atoms with van der Waals surface area (Å²) in [6, 6.07) is 12.6. The fourth-order valence-corrected chi connectivity index (χ4v) is 4.42. The van der Waals surface area contributed by atoms with Crippen molar-refractivity contribution >= 4 is 55.7 Å². The van der Waals surface area contributed by atoms with Crippen molar-refractivity contribution in [2.45, 2.75) is 0 Å². The van der Waals surface area contributed by atoms with Crippen LogP contribution in [0, 0.1) is 0 Å². The molecule has 1 N–H and O–H groups in total. The van der Waals surface area contributed by atoms with Crippen LogP contribution < -0.4 is 16.4 Å². The quantitative estimate of drug-likeness (QED) is 0.525. The predicted octanol–water partition coefficient (Wildman–Crippen LogP) is 3.36. The van der Waals surface area contributed by atoms with Gasteiger partial charge >= 0.3 is 11.1 Å². The van der Waals surface area contributed by atoms with Gasteiger partial charge in [0, 0.05) is 29.9 Å².